The first-order valence-corrected chi connectivity index (χ1v) is 5.66. The average molecular weight is 173 g/mol. The van der Waals surface area contributed by atoms with Crippen molar-refractivity contribution < 1.29 is 0 Å². The van der Waals surface area contributed by atoms with Crippen molar-refractivity contribution in [3.63, 3.8) is 0 Å². The third-order valence-electron chi connectivity index (χ3n) is 1.86. The molecule has 0 aliphatic heterocycles. The normalized spacial score (nSPS) is 17.7. The zero-order valence-corrected chi connectivity index (χ0v) is 8.41. The lowest BCUT2D eigenvalue weighted by Gasteiger charge is -2.05. The Morgan fingerprint density at radius 3 is 2.73 bits per heavy atom. The molecule has 0 heterocycles. The zero-order valence-electron chi connectivity index (χ0n) is 7.60. The Morgan fingerprint density at radius 2 is 2.18 bits per heavy atom. The minimum absolute atomic E-state index is 0.790. The standard InChI is InChI=1S/C9H19NS/c1-8(2)11-6-5-10-7-9-3-4-9/h8-10H,3-7H2,1-2H3. The third-order valence-corrected chi connectivity index (χ3v) is 2.97. The van der Waals surface area contributed by atoms with Crippen LogP contribution in [0, 0.1) is 5.92 Å². The van der Waals surface area contributed by atoms with E-state index in [9.17, 15) is 0 Å². The molecule has 0 atom stereocenters. The van der Waals surface area contributed by atoms with Crippen LogP contribution in [0.25, 0.3) is 0 Å². The Balaban J connectivity index is 1.73. The fourth-order valence-corrected chi connectivity index (χ4v) is 1.73. The smallest absolute Gasteiger partial charge is 0.00606 e. The van der Waals surface area contributed by atoms with E-state index in [4.69, 9.17) is 0 Å². The van der Waals surface area contributed by atoms with Crippen molar-refractivity contribution in [3.8, 4) is 0 Å². The SMILES string of the molecule is CC(C)SCCNCC1CC1. The van der Waals surface area contributed by atoms with Crippen LogP contribution in [0.5, 0.6) is 0 Å². The molecular weight excluding hydrogens is 154 g/mol. The first-order valence-electron chi connectivity index (χ1n) is 4.61. The second-order valence-corrected chi connectivity index (χ2v) is 5.25. The number of thioether (sulfide) groups is 1. The van der Waals surface area contributed by atoms with Gasteiger partial charge in [0.1, 0.15) is 0 Å². The fraction of sp³-hybridized carbons (Fsp3) is 1.00. The number of nitrogens with one attached hydrogen (secondary N) is 1. The number of rotatable bonds is 6. The molecule has 1 fully saturated rings. The molecule has 0 saturated heterocycles. The average Bonchev–Trinajstić information content (AvgIpc) is 2.70. The Kier molecular flexibility index (Phi) is 4.31. The van der Waals surface area contributed by atoms with Crippen molar-refractivity contribution in [1.29, 1.82) is 0 Å². The third kappa shape index (κ3) is 5.57. The van der Waals surface area contributed by atoms with Gasteiger partial charge in [0.15, 0.2) is 0 Å². The van der Waals surface area contributed by atoms with E-state index in [0.717, 1.165) is 11.2 Å². The molecule has 1 nitrogen and oxygen atoms in total. The summed E-state index contributed by atoms with van der Waals surface area (Å²) in [6.45, 7) is 6.97. The molecule has 0 amide bonds. The van der Waals surface area contributed by atoms with Crippen LogP contribution in [0.3, 0.4) is 0 Å². The van der Waals surface area contributed by atoms with Crippen LogP contribution in [-0.4, -0.2) is 24.1 Å². The van der Waals surface area contributed by atoms with Crippen molar-refractivity contribution in [3.05, 3.63) is 0 Å². The molecule has 0 spiro atoms. The predicted octanol–water partition coefficient (Wildman–Crippen LogP) is 2.13. The maximum atomic E-state index is 3.48. The van der Waals surface area contributed by atoms with Crippen LogP contribution in [0.1, 0.15) is 26.7 Å². The van der Waals surface area contributed by atoms with Gasteiger partial charge in [-0.2, -0.15) is 11.8 Å². The summed E-state index contributed by atoms with van der Waals surface area (Å²) in [5.41, 5.74) is 0. The van der Waals surface area contributed by atoms with Gasteiger partial charge in [0, 0.05) is 12.3 Å². The highest BCUT2D eigenvalue weighted by atomic mass is 32.2. The monoisotopic (exact) mass is 173 g/mol. The van der Waals surface area contributed by atoms with Crippen LogP contribution in [0.4, 0.5) is 0 Å². The quantitative estimate of drug-likeness (QED) is 0.618. The van der Waals surface area contributed by atoms with Gasteiger partial charge in [0.25, 0.3) is 0 Å². The van der Waals surface area contributed by atoms with Crippen LogP contribution in [0.15, 0.2) is 0 Å². The van der Waals surface area contributed by atoms with E-state index in [1.165, 1.54) is 31.7 Å². The molecule has 1 rings (SSSR count). The van der Waals surface area contributed by atoms with Gasteiger partial charge in [-0.1, -0.05) is 13.8 Å². The Hall–Kier alpha value is 0.310. The van der Waals surface area contributed by atoms with Gasteiger partial charge in [-0.15, -0.1) is 0 Å². The van der Waals surface area contributed by atoms with Gasteiger partial charge in [0.2, 0.25) is 0 Å². The van der Waals surface area contributed by atoms with E-state index >= 15 is 0 Å². The molecule has 0 radical (unpaired) electrons. The van der Waals surface area contributed by atoms with E-state index < -0.39 is 0 Å². The molecule has 0 unspecified atom stereocenters. The number of hydrogen-bond donors (Lipinski definition) is 1. The molecule has 66 valence electrons. The van der Waals surface area contributed by atoms with Gasteiger partial charge in [-0.25, -0.2) is 0 Å². The van der Waals surface area contributed by atoms with Gasteiger partial charge < -0.3 is 5.32 Å². The van der Waals surface area contributed by atoms with Crippen molar-refractivity contribution in [2.45, 2.75) is 31.9 Å². The molecule has 1 aliphatic rings. The molecule has 0 bridgehead atoms. The molecule has 1 aliphatic carbocycles. The summed E-state index contributed by atoms with van der Waals surface area (Å²) >= 11 is 2.04. The first kappa shape index (κ1) is 9.40. The highest BCUT2D eigenvalue weighted by Gasteiger charge is 2.19. The molecule has 0 aromatic rings. The summed E-state index contributed by atoms with van der Waals surface area (Å²) in [5, 5.41) is 4.27. The zero-order chi connectivity index (χ0) is 8.10. The highest BCUT2D eigenvalue weighted by Crippen LogP contribution is 2.27. The van der Waals surface area contributed by atoms with Crippen molar-refractivity contribution in [2.24, 2.45) is 5.92 Å². The minimum atomic E-state index is 0.790. The lowest BCUT2D eigenvalue weighted by Crippen LogP contribution is -2.20. The van der Waals surface area contributed by atoms with Crippen molar-refractivity contribution in [2.75, 3.05) is 18.8 Å². The highest BCUT2D eigenvalue weighted by molar-refractivity contribution is 7.99. The second kappa shape index (κ2) is 5.04. The fourth-order valence-electron chi connectivity index (χ4n) is 0.995. The maximum Gasteiger partial charge on any atom is 0.00606 e. The Bertz CT molecular complexity index is 95.7. The summed E-state index contributed by atoms with van der Waals surface area (Å²) < 4.78 is 0. The summed E-state index contributed by atoms with van der Waals surface area (Å²) in [6, 6.07) is 0. The van der Waals surface area contributed by atoms with Gasteiger partial charge in [-0.05, 0) is 30.6 Å². The topological polar surface area (TPSA) is 12.0 Å². The molecule has 2 heteroatoms. The van der Waals surface area contributed by atoms with E-state index in [2.05, 4.69) is 19.2 Å². The predicted molar refractivity (Wildman–Crippen MR) is 53.2 cm³/mol. The Morgan fingerprint density at radius 1 is 1.45 bits per heavy atom. The minimum Gasteiger partial charge on any atom is -0.316 e. The van der Waals surface area contributed by atoms with Crippen LogP contribution >= 0.6 is 11.8 Å². The Labute approximate surface area is 74.3 Å². The van der Waals surface area contributed by atoms with E-state index in [-0.39, 0.29) is 0 Å². The first-order chi connectivity index (χ1) is 5.29. The largest absolute Gasteiger partial charge is 0.316 e. The maximum absolute atomic E-state index is 3.48. The summed E-state index contributed by atoms with van der Waals surface area (Å²) in [6.07, 6.45) is 2.93. The summed E-state index contributed by atoms with van der Waals surface area (Å²) in [7, 11) is 0. The van der Waals surface area contributed by atoms with Crippen molar-refractivity contribution >= 4 is 11.8 Å². The van der Waals surface area contributed by atoms with E-state index in [0.29, 0.717) is 0 Å². The summed E-state index contributed by atoms with van der Waals surface area (Å²) in [5.74, 6) is 2.30. The number of hydrogen-bond acceptors (Lipinski definition) is 2. The van der Waals surface area contributed by atoms with Crippen LogP contribution in [-0.2, 0) is 0 Å². The molecular formula is C9H19NS. The van der Waals surface area contributed by atoms with Crippen molar-refractivity contribution in [1.82, 2.24) is 5.32 Å². The molecule has 1 N–H and O–H groups in total. The second-order valence-electron chi connectivity index (χ2n) is 3.57. The van der Waals surface area contributed by atoms with Crippen LogP contribution < -0.4 is 5.32 Å². The van der Waals surface area contributed by atoms with Gasteiger partial charge in [-0.3, -0.25) is 0 Å². The van der Waals surface area contributed by atoms with Crippen LogP contribution in [0.2, 0.25) is 0 Å². The summed E-state index contributed by atoms with van der Waals surface area (Å²) in [4.78, 5) is 0. The lowest BCUT2D eigenvalue weighted by atomic mass is 10.4. The molecule has 0 aromatic heterocycles. The molecule has 1 saturated carbocycles. The van der Waals surface area contributed by atoms with Gasteiger partial charge in [0.05, 0.1) is 0 Å². The van der Waals surface area contributed by atoms with E-state index in [1.807, 2.05) is 11.8 Å². The molecule has 11 heavy (non-hydrogen) atoms. The van der Waals surface area contributed by atoms with E-state index in [1.54, 1.807) is 0 Å². The lowest BCUT2D eigenvalue weighted by molar-refractivity contribution is 0.665. The van der Waals surface area contributed by atoms with Gasteiger partial charge >= 0.3 is 0 Å². The molecule has 0 aromatic carbocycles.